The summed E-state index contributed by atoms with van der Waals surface area (Å²) in [7, 11) is 1.80. The van der Waals surface area contributed by atoms with Crippen molar-refractivity contribution in [2.75, 3.05) is 31.3 Å². The molecule has 3 heterocycles. The Hall–Kier alpha value is -3.50. The summed E-state index contributed by atoms with van der Waals surface area (Å²) in [5.41, 5.74) is 4.76. The number of rotatable bonds is 4. The molecule has 2 aliphatic rings. The standard InChI is InChI=1S/C30H27BrFN3O4Si/c1-17-21-6-4-3-5-18(21)9-12-35(17)29(36)19-13-23(31)27-25(14-19)39-28(33-27)22-8-7-20(15-24(22)32)34-11-10-26(40-16-34)30(37)38-2/h3-8,13-15,17,26H,9-12,16H2,1-2H3/t17-,26-/m1/s1. The summed E-state index contributed by atoms with van der Waals surface area (Å²) >= 11 is 3.54. The quantitative estimate of drug-likeness (QED) is 0.206. The molecule has 1 saturated heterocycles. The normalized spacial score (nSPS) is 19.0. The highest BCUT2D eigenvalue weighted by Crippen LogP contribution is 2.35. The molecular formula is C30H27BrFN3O4Si. The Kier molecular flexibility index (Phi) is 7.22. The average molecular weight is 621 g/mol. The molecule has 0 aliphatic carbocycles. The highest BCUT2D eigenvalue weighted by Gasteiger charge is 2.30. The first-order valence-corrected chi connectivity index (χ1v) is 15.3. The van der Waals surface area contributed by atoms with E-state index in [1.165, 1.54) is 18.7 Å². The number of carbonyl (C=O) groups is 2. The van der Waals surface area contributed by atoms with Gasteiger partial charge in [0.1, 0.15) is 11.3 Å². The molecule has 4 aromatic rings. The summed E-state index contributed by atoms with van der Waals surface area (Å²) < 4.78 is 26.8. The van der Waals surface area contributed by atoms with E-state index in [9.17, 15) is 9.59 Å². The van der Waals surface area contributed by atoms with Crippen LogP contribution >= 0.6 is 15.9 Å². The molecule has 2 radical (unpaired) electrons. The summed E-state index contributed by atoms with van der Waals surface area (Å²) in [5.74, 6) is -0.566. The molecule has 6 rings (SSSR count). The number of fused-ring (bicyclic) bond motifs is 2. The second kappa shape index (κ2) is 10.8. The fraction of sp³-hybridized carbons (Fsp3) is 0.300. The van der Waals surface area contributed by atoms with Crippen LogP contribution in [-0.4, -0.2) is 57.6 Å². The van der Waals surface area contributed by atoms with Crippen molar-refractivity contribution >= 4 is 54.1 Å². The molecule has 204 valence electrons. The molecular weight excluding hydrogens is 593 g/mol. The molecule has 2 atom stereocenters. The molecule has 0 unspecified atom stereocenters. The molecule has 0 N–H and O–H groups in total. The zero-order valence-corrected chi connectivity index (χ0v) is 24.7. The van der Waals surface area contributed by atoms with Crippen LogP contribution in [0, 0.1) is 5.82 Å². The van der Waals surface area contributed by atoms with Crippen molar-refractivity contribution in [1.82, 2.24) is 9.88 Å². The van der Waals surface area contributed by atoms with E-state index in [-0.39, 0.29) is 34.9 Å². The number of hydrogen-bond donors (Lipinski definition) is 0. The lowest BCUT2D eigenvalue weighted by Gasteiger charge is -2.35. The van der Waals surface area contributed by atoms with Crippen molar-refractivity contribution in [3.8, 4) is 11.5 Å². The number of amides is 1. The summed E-state index contributed by atoms with van der Waals surface area (Å²) in [6.45, 7) is 3.33. The van der Waals surface area contributed by atoms with Gasteiger partial charge in [-0.15, -0.1) is 0 Å². The second-order valence-electron chi connectivity index (χ2n) is 10.1. The molecule has 0 saturated carbocycles. The van der Waals surface area contributed by atoms with Crippen molar-refractivity contribution in [3.05, 3.63) is 81.6 Å². The van der Waals surface area contributed by atoms with Gasteiger partial charge in [-0.25, -0.2) is 9.37 Å². The minimum atomic E-state index is -0.448. The van der Waals surface area contributed by atoms with Crippen LogP contribution in [0.4, 0.5) is 10.1 Å². The van der Waals surface area contributed by atoms with Gasteiger partial charge < -0.3 is 19.0 Å². The number of carbonyl (C=O) groups excluding carboxylic acids is 2. The van der Waals surface area contributed by atoms with Gasteiger partial charge in [-0.1, -0.05) is 24.3 Å². The molecule has 1 aromatic heterocycles. The Morgan fingerprint density at radius 3 is 2.73 bits per heavy atom. The van der Waals surface area contributed by atoms with Crippen LogP contribution in [0.2, 0.25) is 5.54 Å². The first kappa shape index (κ1) is 26.7. The minimum Gasteiger partial charge on any atom is -0.469 e. The average Bonchev–Trinajstić information content (AvgIpc) is 3.41. The molecule has 1 fully saturated rings. The summed E-state index contributed by atoms with van der Waals surface area (Å²) in [5, 5.41) is 0. The zero-order chi connectivity index (χ0) is 28.0. The number of halogens is 2. The predicted molar refractivity (Wildman–Crippen MR) is 155 cm³/mol. The Labute approximate surface area is 242 Å². The first-order chi connectivity index (χ1) is 19.3. The largest absolute Gasteiger partial charge is 0.469 e. The third-order valence-corrected chi connectivity index (χ3v) is 9.99. The number of hydrogen-bond acceptors (Lipinski definition) is 6. The number of anilines is 1. The third kappa shape index (κ3) is 4.83. The Morgan fingerprint density at radius 2 is 1.98 bits per heavy atom. The second-order valence-corrected chi connectivity index (χ2v) is 12.4. The van der Waals surface area contributed by atoms with Crippen LogP contribution in [0.5, 0.6) is 0 Å². The lowest BCUT2D eigenvalue weighted by Crippen LogP contribution is -2.39. The molecule has 0 bridgehead atoms. The predicted octanol–water partition coefficient (Wildman–Crippen LogP) is 5.99. The molecule has 40 heavy (non-hydrogen) atoms. The van der Waals surface area contributed by atoms with E-state index in [1.54, 1.807) is 18.2 Å². The molecule has 2 aliphatic heterocycles. The van der Waals surface area contributed by atoms with Crippen molar-refractivity contribution in [2.24, 2.45) is 0 Å². The van der Waals surface area contributed by atoms with Gasteiger partial charge in [0.2, 0.25) is 5.89 Å². The third-order valence-electron chi connectivity index (χ3n) is 7.80. The van der Waals surface area contributed by atoms with E-state index in [0.717, 1.165) is 17.7 Å². The highest BCUT2D eigenvalue weighted by molar-refractivity contribution is 9.10. The fourth-order valence-corrected chi connectivity index (χ4v) is 7.50. The fourth-order valence-electron chi connectivity index (χ4n) is 5.57. The van der Waals surface area contributed by atoms with Gasteiger partial charge in [0.05, 0.1) is 33.8 Å². The maximum absolute atomic E-state index is 15.3. The van der Waals surface area contributed by atoms with Gasteiger partial charge in [0, 0.05) is 35.0 Å². The van der Waals surface area contributed by atoms with Crippen LogP contribution < -0.4 is 4.90 Å². The van der Waals surface area contributed by atoms with E-state index < -0.39 is 5.82 Å². The monoisotopic (exact) mass is 619 g/mol. The van der Waals surface area contributed by atoms with Crippen LogP contribution in [0.25, 0.3) is 22.6 Å². The van der Waals surface area contributed by atoms with Crippen LogP contribution in [0.3, 0.4) is 0 Å². The number of oxazole rings is 1. The smallest absolute Gasteiger partial charge is 0.305 e. The molecule has 10 heteroatoms. The van der Waals surface area contributed by atoms with Crippen LogP contribution in [0.1, 0.15) is 40.9 Å². The molecule has 3 aromatic carbocycles. The number of esters is 1. The Morgan fingerprint density at radius 1 is 1.15 bits per heavy atom. The lowest BCUT2D eigenvalue weighted by atomic mass is 9.93. The number of aromatic nitrogens is 1. The zero-order valence-electron chi connectivity index (χ0n) is 22.1. The van der Waals surface area contributed by atoms with Crippen molar-refractivity contribution < 1.29 is 23.1 Å². The summed E-state index contributed by atoms with van der Waals surface area (Å²) in [4.78, 5) is 33.9. The van der Waals surface area contributed by atoms with Crippen molar-refractivity contribution in [3.63, 3.8) is 0 Å². The summed E-state index contributed by atoms with van der Waals surface area (Å²) in [6.07, 6.45) is 2.16. The maximum atomic E-state index is 15.3. The highest BCUT2D eigenvalue weighted by atomic mass is 79.9. The van der Waals surface area contributed by atoms with E-state index in [4.69, 9.17) is 9.15 Å². The van der Waals surface area contributed by atoms with Gasteiger partial charge in [-0.2, -0.15) is 0 Å². The van der Waals surface area contributed by atoms with Gasteiger partial charge in [-0.3, -0.25) is 9.59 Å². The van der Waals surface area contributed by atoms with E-state index in [0.29, 0.717) is 56.3 Å². The molecule has 7 nitrogen and oxygen atoms in total. The first-order valence-electron chi connectivity index (χ1n) is 13.2. The van der Waals surface area contributed by atoms with Crippen molar-refractivity contribution in [1.29, 1.82) is 0 Å². The Balaban J connectivity index is 1.23. The number of benzene rings is 3. The number of ether oxygens (including phenoxy) is 1. The molecule has 0 spiro atoms. The van der Waals surface area contributed by atoms with E-state index in [1.807, 2.05) is 30.0 Å². The van der Waals surface area contributed by atoms with Gasteiger partial charge >= 0.3 is 5.97 Å². The Bertz CT molecular complexity index is 1620. The minimum absolute atomic E-state index is 0.0448. The number of methoxy groups -OCH3 is 1. The molecule has 1 amide bonds. The van der Waals surface area contributed by atoms with E-state index >= 15 is 4.39 Å². The van der Waals surface area contributed by atoms with Gasteiger partial charge in [0.15, 0.2) is 5.58 Å². The topological polar surface area (TPSA) is 75.9 Å². The van der Waals surface area contributed by atoms with Crippen LogP contribution in [0.15, 0.2) is 63.5 Å². The van der Waals surface area contributed by atoms with Crippen LogP contribution in [-0.2, 0) is 16.0 Å². The SMILES string of the molecule is COC(=O)[C@H]1CCN(c2ccc(-c3nc4c(Br)cc(C(=O)N5CCc6ccccc6[C@H]5C)cc4o3)c(F)c2)C[Si]1. The van der Waals surface area contributed by atoms with E-state index in [2.05, 4.69) is 37.9 Å². The van der Waals surface area contributed by atoms with Crippen molar-refractivity contribution in [2.45, 2.75) is 31.3 Å². The lowest BCUT2D eigenvalue weighted by molar-refractivity contribution is -0.140. The number of nitrogens with zero attached hydrogens (tertiary/aromatic N) is 3. The van der Waals surface area contributed by atoms with Gasteiger partial charge in [-0.05, 0) is 77.2 Å². The van der Waals surface area contributed by atoms with Gasteiger partial charge in [0.25, 0.3) is 5.91 Å². The summed E-state index contributed by atoms with van der Waals surface area (Å²) in [6, 6.07) is 16.6. The maximum Gasteiger partial charge on any atom is 0.305 e.